The summed E-state index contributed by atoms with van der Waals surface area (Å²) in [6, 6.07) is 15.9. The minimum absolute atomic E-state index is 0.151. The van der Waals surface area contributed by atoms with Crippen LogP contribution in [-0.2, 0) is 25.5 Å². The number of nitrogens with zero attached hydrogens (tertiary/aromatic N) is 9. The number of hydrogen-bond donors (Lipinski definition) is 0. The van der Waals surface area contributed by atoms with Gasteiger partial charge in [0.15, 0.2) is 0 Å². The van der Waals surface area contributed by atoms with Gasteiger partial charge in [-0.2, -0.15) is 0 Å². The standard InChI is InChI=1S/C40H61N9O4Si/c1-44-14-7-15-45(2)39(50)30-47-16-17-48(36(29-47)31-52-23-20-46-18-21-51-22-19-46)28-33-8-6-9-35(26-33)49(32-53-24-25-54(3,4)5)40-41-13-12-37(43-40)34-10-11-38(44)42-27-34/h6,8-13,26-27,36H,7,14-25,28-32H2,1-5H3. The van der Waals surface area contributed by atoms with Crippen molar-refractivity contribution in [3.8, 4) is 11.3 Å². The van der Waals surface area contributed by atoms with Gasteiger partial charge in [-0.05, 0) is 48.4 Å². The number of likely N-dealkylation sites (N-methyl/N-ethyl adjacent to an activating group) is 1. The summed E-state index contributed by atoms with van der Waals surface area (Å²) in [5.41, 5.74) is 3.90. The minimum atomic E-state index is -1.27. The van der Waals surface area contributed by atoms with Gasteiger partial charge < -0.3 is 24.0 Å². The number of rotatable bonds is 10. The molecule has 0 saturated carbocycles. The van der Waals surface area contributed by atoms with Gasteiger partial charge in [0.2, 0.25) is 11.9 Å². The van der Waals surface area contributed by atoms with Crippen molar-refractivity contribution >= 4 is 31.4 Å². The van der Waals surface area contributed by atoms with Crippen LogP contribution in [0.25, 0.3) is 11.3 Å². The quantitative estimate of drug-likeness (QED) is 0.220. The van der Waals surface area contributed by atoms with E-state index in [1.54, 1.807) is 0 Å². The van der Waals surface area contributed by atoms with Crippen LogP contribution in [-0.4, -0.2) is 167 Å². The van der Waals surface area contributed by atoms with Crippen molar-refractivity contribution in [2.45, 2.75) is 44.7 Å². The third-order valence-corrected chi connectivity index (χ3v) is 12.3. The fourth-order valence-electron chi connectivity index (χ4n) is 7.04. The molecule has 9 rings (SSSR count). The van der Waals surface area contributed by atoms with Crippen LogP contribution in [0.3, 0.4) is 0 Å². The lowest BCUT2D eigenvalue weighted by atomic mass is 10.1. The highest BCUT2D eigenvalue weighted by atomic mass is 28.3. The Morgan fingerprint density at radius 2 is 1.72 bits per heavy atom. The van der Waals surface area contributed by atoms with E-state index in [1.165, 1.54) is 5.56 Å². The summed E-state index contributed by atoms with van der Waals surface area (Å²) >= 11 is 0. The SMILES string of the molecule is CN1CCCN(C)c2ccc(cn2)-c2ccnc(n2)N(COCC[Si](C)(C)C)c2cccc(c2)CN2CCN(CC1=O)CC2COCCN1CCOCC1. The highest BCUT2D eigenvalue weighted by Crippen LogP contribution is 2.28. The molecule has 3 aromatic rings. The summed E-state index contributed by atoms with van der Waals surface area (Å²) in [4.78, 5) is 41.4. The molecular formula is C40H61N9O4Si. The summed E-state index contributed by atoms with van der Waals surface area (Å²) in [7, 11) is 2.70. The first-order valence-electron chi connectivity index (χ1n) is 19.6. The zero-order valence-electron chi connectivity index (χ0n) is 33.2. The summed E-state index contributed by atoms with van der Waals surface area (Å²) in [6.07, 6.45) is 4.54. The highest BCUT2D eigenvalue weighted by Gasteiger charge is 2.29. The van der Waals surface area contributed by atoms with Gasteiger partial charge in [0.25, 0.3) is 0 Å². The second-order valence-electron chi connectivity index (χ2n) is 16.1. The monoisotopic (exact) mass is 759 g/mol. The Hall–Kier alpha value is -3.50. The average Bonchev–Trinajstić information content (AvgIpc) is 3.17. The normalized spacial score (nSPS) is 22.2. The molecule has 13 nitrogen and oxygen atoms in total. The largest absolute Gasteiger partial charge is 0.379 e. The zero-order chi connectivity index (χ0) is 37.9. The number of aromatic nitrogens is 3. The molecule has 54 heavy (non-hydrogen) atoms. The van der Waals surface area contributed by atoms with Gasteiger partial charge in [-0.25, -0.2) is 15.0 Å². The third kappa shape index (κ3) is 11.7. The Kier molecular flexibility index (Phi) is 14.4. The number of carbonyl (C=O) groups is 1. The zero-order valence-corrected chi connectivity index (χ0v) is 34.2. The second-order valence-corrected chi connectivity index (χ2v) is 21.7. The molecule has 3 unspecified atom stereocenters. The molecule has 6 aliphatic rings. The molecule has 0 radical (unpaired) electrons. The molecule has 8 heterocycles. The van der Waals surface area contributed by atoms with Crippen molar-refractivity contribution in [2.75, 3.05) is 123 Å². The third-order valence-electron chi connectivity index (χ3n) is 10.6. The molecule has 14 heteroatoms. The van der Waals surface area contributed by atoms with Crippen LogP contribution in [0.15, 0.2) is 54.9 Å². The van der Waals surface area contributed by atoms with Crippen molar-refractivity contribution in [3.05, 3.63) is 60.4 Å². The molecule has 0 aliphatic carbocycles. The first kappa shape index (κ1) is 40.2. The van der Waals surface area contributed by atoms with Crippen LogP contribution < -0.4 is 9.80 Å². The highest BCUT2D eigenvalue weighted by molar-refractivity contribution is 6.76. The fourth-order valence-corrected chi connectivity index (χ4v) is 7.80. The topological polar surface area (TPSA) is 103 Å². The maximum atomic E-state index is 13.4. The lowest BCUT2D eigenvalue weighted by Crippen LogP contribution is -2.56. The predicted molar refractivity (Wildman–Crippen MR) is 217 cm³/mol. The van der Waals surface area contributed by atoms with Crippen LogP contribution in [0.2, 0.25) is 25.7 Å². The number of benzene rings is 1. The number of anilines is 3. The van der Waals surface area contributed by atoms with Gasteiger partial charge in [-0.1, -0.05) is 31.8 Å². The Morgan fingerprint density at radius 1 is 0.889 bits per heavy atom. The minimum Gasteiger partial charge on any atom is -0.379 e. The van der Waals surface area contributed by atoms with Crippen molar-refractivity contribution in [1.29, 1.82) is 0 Å². The maximum Gasteiger partial charge on any atom is 0.236 e. The van der Waals surface area contributed by atoms with E-state index in [4.69, 9.17) is 29.2 Å². The van der Waals surface area contributed by atoms with Crippen LogP contribution in [0.5, 0.6) is 0 Å². The van der Waals surface area contributed by atoms with Crippen LogP contribution in [0, 0.1) is 0 Å². The lowest BCUT2D eigenvalue weighted by Gasteiger charge is -2.41. The van der Waals surface area contributed by atoms with E-state index in [1.807, 2.05) is 43.5 Å². The van der Waals surface area contributed by atoms with Gasteiger partial charge in [0.1, 0.15) is 12.5 Å². The van der Waals surface area contributed by atoms with Gasteiger partial charge in [-0.15, -0.1) is 0 Å². The van der Waals surface area contributed by atoms with Gasteiger partial charge in [0.05, 0.1) is 38.7 Å². The van der Waals surface area contributed by atoms with Crippen molar-refractivity contribution in [2.24, 2.45) is 0 Å². The predicted octanol–water partition coefficient (Wildman–Crippen LogP) is 4.12. The molecule has 0 spiro atoms. The number of carbonyl (C=O) groups excluding carboxylic acids is 1. The lowest BCUT2D eigenvalue weighted by molar-refractivity contribution is -0.132. The van der Waals surface area contributed by atoms with E-state index in [2.05, 4.69) is 74.5 Å². The first-order chi connectivity index (χ1) is 26.1. The number of pyridine rings is 1. The molecule has 2 aromatic heterocycles. The van der Waals surface area contributed by atoms with Gasteiger partial charge in [-0.3, -0.25) is 24.4 Å². The van der Waals surface area contributed by atoms with E-state index < -0.39 is 8.07 Å². The van der Waals surface area contributed by atoms with E-state index in [-0.39, 0.29) is 11.9 Å². The Morgan fingerprint density at radius 3 is 2.52 bits per heavy atom. The Balaban J connectivity index is 1.26. The van der Waals surface area contributed by atoms with E-state index in [0.717, 1.165) is 101 Å². The molecule has 294 valence electrons. The number of morpholine rings is 1. The van der Waals surface area contributed by atoms with Gasteiger partial charge >= 0.3 is 0 Å². The van der Waals surface area contributed by atoms with Crippen molar-refractivity contribution in [1.82, 2.24) is 34.6 Å². The molecule has 2 saturated heterocycles. The maximum absolute atomic E-state index is 13.4. The molecule has 3 atom stereocenters. The van der Waals surface area contributed by atoms with Crippen molar-refractivity contribution < 1.29 is 19.0 Å². The Bertz CT molecular complexity index is 1620. The second kappa shape index (κ2) is 19.4. The number of piperazine rings is 1. The smallest absolute Gasteiger partial charge is 0.236 e. The average molecular weight is 760 g/mol. The molecule has 0 N–H and O–H groups in total. The number of amides is 1. The Labute approximate surface area is 323 Å². The van der Waals surface area contributed by atoms with Crippen molar-refractivity contribution in [3.63, 3.8) is 0 Å². The molecule has 6 aliphatic heterocycles. The molecular weight excluding hydrogens is 699 g/mol. The van der Waals surface area contributed by atoms with E-state index in [0.29, 0.717) is 45.6 Å². The molecule has 8 bridgehead atoms. The van der Waals surface area contributed by atoms with E-state index >= 15 is 0 Å². The van der Waals surface area contributed by atoms with Crippen LogP contribution >= 0.6 is 0 Å². The van der Waals surface area contributed by atoms with Gasteiger partial charge in [0, 0.05) is 117 Å². The molecule has 1 aromatic carbocycles. The summed E-state index contributed by atoms with van der Waals surface area (Å²) in [6.45, 7) is 18.9. The summed E-state index contributed by atoms with van der Waals surface area (Å²) < 4.78 is 18.2. The summed E-state index contributed by atoms with van der Waals surface area (Å²) in [5, 5.41) is 0. The van der Waals surface area contributed by atoms with E-state index in [9.17, 15) is 4.79 Å². The van der Waals surface area contributed by atoms with Crippen LogP contribution in [0.1, 0.15) is 12.0 Å². The number of ether oxygens (including phenoxy) is 3. The number of hydrogen-bond acceptors (Lipinski definition) is 12. The molecule has 1 amide bonds. The summed E-state index contributed by atoms with van der Waals surface area (Å²) in [5.74, 6) is 1.62. The first-order valence-corrected chi connectivity index (χ1v) is 23.3. The fraction of sp³-hybridized carbons (Fsp3) is 0.600. The molecule has 2 fully saturated rings. The van der Waals surface area contributed by atoms with Crippen LogP contribution in [0.4, 0.5) is 17.5 Å².